The Morgan fingerprint density at radius 2 is 1.95 bits per heavy atom. The highest BCUT2D eigenvalue weighted by atomic mass is 79.9. The van der Waals surface area contributed by atoms with Gasteiger partial charge in [-0.1, -0.05) is 17.7 Å². The summed E-state index contributed by atoms with van der Waals surface area (Å²) in [5, 5.41) is 20.3. The number of carbonyl (C=O) groups excluding carboxylic acids is 1. The molecule has 15 heteroatoms. The Morgan fingerprint density at radius 3 is 2.59 bits per heavy atom. The number of aromatic nitrogens is 6. The molecular weight excluding hydrogens is 585 g/mol. The molecule has 1 atom stereocenters. The quantitative estimate of drug-likeness (QED) is 0.244. The monoisotopic (exact) mass is 600 g/mol. The van der Waals surface area contributed by atoms with Crippen molar-refractivity contribution in [1.82, 2.24) is 29.5 Å². The minimum atomic E-state index is -4.95. The van der Waals surface area contributed by atoms with E-state index in [-0.39, 0.29) is 29.8 Å². The summed E-state index contributed by atoms with van der Waals surface area (Å²) >= 11 is 9.18. The van der Waals surface area contributed by atoms with Crippen LogP contribution in [0.3, 0.4) is 0 Å². The Balaban J connectivity index is 1.60. The molecule has 0 aliphatic heterocycles. The molecule has 10 nitrogen and oxygen atoms in total. The van der Waals surface area contributed by atoms with Crippen molar-refractivity contribution in [3.8, 4) is 17.1 Å². The second-order valence-corrected chi connectivity index (χ2v) is 9.16. The molecule has 0 amide bonds. The first kappa shape index (κ1) is 26.6. The van der Waals surface area contributed by atoms with E-state index in [0.717, 1.165) is 10.2 Å². The number of alkyl halides is 3. The lowest BCUT2D eigenvalue weighted by atomic mass is 10.2. The highest BCUT2D eigenvalue weighted by Gasteiger charge is 2.39. The van der Waals surface area contributed by atoms with Crippen LogP contribution in [0.1, 0.15) is 22.0 Å². The zero-order chi connectivity index (χ0) is 26.9. The van der Waals surface area contributed by atoms with E-state index in [1.165, 1.54) is 24.3 Å². The Labute approximate surface area is 219 Å². The molecule has 0 aliphatic carbocycles. The van der Waals surface area contributed by atoms with E-state index in [1.54, 1.807) is 18.2 Å². The van der Waals surface area contributed by atoms with E-state index in [2.05, 4.69) is 36.2 Å². The molecule has 0 spiro atoms. The number of hydrogen-bond acceptors (Lipinski definition) is 7. The number of aryl methyl sites for hydroxylation is 1. The van der Waals surface area contributed by atoms with Crippen molar-refractivity contribution < 1.29 is 27.8 Å². The number of ether oxygens (including phenoxy) is 1. The zero-order valence-corrected chi connectivity index (χ0v) is 21.2. The maximum Gasteiger partial charge on any atom is 0.416 e. The number of aliphatic hydroxyl groups excluding tert-OH is 1. The Bertz CT molecular complexity index is 1500. The second kappa shape index (κ2) is 10.5. The highest BCUT2D eigenvalue weighted by molar-refractivity contribution is 9.10. The Kier molecular flexibility index (Phi) is 7.52. The number of aliphatic hydroxyl groups is 1. The molecule has 0 bridgehead atoms. The number of esters is 1. The SMILES string of the molecule is Cc1ccc(OC(=O)c2n[nH]c(Cn3nc(-c4ccc(Cl)cc4)n(C[C@H](O)C(F)(F)F)c3=O)n2)c(Br)c1. The number of nitrogens with zero attached hydrogens (tertiary/aromatic N) is 5. The average molecular weight is 602 g/mol. The van der Waals surface area contributed by atoms with E-state index >= 15 is 0 Å². The van der Waals surface area contributed by atoms with Gasteiger partial charge in [0.05, 0.1) is 11.0 Å². The van der Waals surface area contributed by atoms with E-state index < -0.39 is 30.5 Å². The summed E-state index contributed by atoms with van der Waals surface area (Å²) in [6.07, 6.45) is -7.76. The lowest BCUT2D eigenvalue weighted by Gasteiger charge is -2.15. The van der Waals surface area contributed by atoms with Crippen molar-refractivity contribution in [2.45, 2.75) is 32.3 Å². The highest BCUT2D eigenvalue weighted by Crippen LogP contribution is 2.26. The van der Waals surface area contributed by atoms with Crippen molar-refractivity contribution in [2.24, 2.45) is 0 Å². The van der Waals surface area contributed by atoms with E-state index in [1.807, 2.05) is 6.92 Å². The third-order valence-corrected chi connectivity index (χ3v) is 5.93. The van der Waals surface area contributed by atoms with Crippen molar-refractivity contribution in [3.63, 3.8) is 0 Å². The first-order valence-corrected chi connectivity index (χ1v) is 11.7. The molecule has 2 N–H and O–H groups in total. The molecule has 37 heavy (non-hydrogen) atoms. The van der Waals surface area contributed by atoms with Gasteiger partial charge in [-0.3, -0.25) is 9.67 Å². The summed E-state index contributed by atoms with van der Waals surface area (Å²) < 4.78 is 46.4. The van der Waals surface area contributed by atoms with Gasteiger partial charge in [-0.2, -0.15) is 13.2 Å². The van der Waals surface area contributed by atoms with Gasteiger partial charge in [0, 0.05) is 10.6 Å². The zero-order valence-electron chi connectivity index (χ0n) is 18.8. The number of halogens is 5. The summed E-state index contributed by atoms with van der Waals surface area (Å²) in [5.41, 5.74) is 0.287. The molecule has 194 valence electrons. The summed E-state index contributed by atoms with van der Waals surface area (Å²) in [5.74, 6) is -1.08. The van der Waals surface area contributed by atoms with Crippen molar-refractivity contribution in [2.75, 3.05) is 0 Å². The van der Waals surface area contributed by atoms with Crippen LogP contribution >= 0.6 is 27.5 Å². The van der Waals surface area contributed by atoms with Crippen LogP contribution < -0.4 is 10.4 Å². The molecule has 0 radical (unpaired) electrons. The van der Waals surface area contributed by atoms with Gasteiger partial charge in [0.1, 0.15) is 18.1 Å². The van der Waals surface area contributed by atoms with Gasteiger partial charge < -0.3 is 9.84 Å². The van der Waals surface area contributed by atoms with Gasteiger partial charge in [0.2, 0.25) is 0 Å². The van der Waals surface area contributed by atoms with Crippen LogP contribution in [0.2, 0.25) is 5.02 Å². The molecule has 0 unspecified atom stereocenters. The number of benzene rings is 2. The fourth-order valence-electron chi connectivity index (χ4n) is 3.23. The fraction of sp³-hybridized carbons (Fsp3) is 0.227. The molecule has 2 heterocycles. The maximum atomic E-state index is 13.0. The molecule has 2 aromatic heterocycles. The minimum Gasteiger partial charge on any atom is -0.419 e. The molecule has 4 aromatic rings. The third-order valence-electron chi connectivity index (χ3n) is 5.06. The molecular formula is C22H17BrClF3N6O4. The van der Waals surface area contributed by atoms with Crippen molar-refractivity contribution >= 4 is 33.5 Å². The summed E-state index contributed by atoms with van der Waals surface area (Å²) in [7, 11) is 0. The number of hydrogen-bond donors (Lipinski definition) is 2. The number of rotatable bonds is 7. The lowest BCUT2D eigenvalue weighted by molar-refractivity contribution is -0.207. The van der Waals surface area contributed by atoms with Gasteiger partial charge in [0.15, 0.2) is 11.9 Å². The number of aromatic amines is 1. The summed E-state index contributed by atoms with van der Waals surface area (Å²) in [6, 6.07) is 11.0. The van der Waals surface area contributed by atoms with Crippen molar-refractivity contribution in [1.29, 1.82) is 0 Å². The number of nitrogens with one attached hydrogen (secondary N) is 1. The van der Waals surface area contributed by atoms with Gasteiger partial charge in [-0.25, -0.2) is 19.3 Å². The molecule has 4 rings (SSSR count). The second-order valence-electron chi connectivity index (χ2n) is 7.87. The number of carbonyl (C=O) groups is 1. The Hall–Kier alpha value is -3.49. The van der Waals surface area contributed by atoms with Crippen LogP contribution in [0.4, 0.5) is 13.2 Å². The standard InChI is InChI=1S/C22H17BrClF3N6O4/c1-11-2-7-15(14(23)8-11)37-20(35)18-28-17(29-30-18)10-33-21(36)32(9-16(34)22(25,26)27)19(31-33)12-3-5-13(24)6-4-12/h2-8,16,34H,9-10H2,1H3,(H,28,29,30)/t16-/m0/s1. The molecule has 0 aliphatic rings. The van der Waals surface area contributed by atoms with E-state index in [4.69, 9.17) is 16.3 Å². The van der Waals surface area contributed by atoms with Crippen LogP contribution in [-0.2, 0) is 13.1 Å². The van der Waals surface area contributed by atoms with Crippen molar-refractivity contribution in [3.05, 3.63) is 79.7 Å². The summed E-state index contributed by atoms with van der Waals surface area (Å²) in [4.78, 5) is 29.4. The first-order chi connectivity index (χ1) is 17.4. The fourth-order valence-corrected chi connectivity index (χ4v) is 3.93. The predicted octanol–water partition coefficient (Wildman–Crippen LogP) is 3.74. The smallest absolute Gasteiger partial charge is 0.416 e. The van der Waals surface area contributed by atoms with Gasteiger partial charge >= 0.3 is 17.8 Å². The van der Waals surface area contributed by atoms with E-state index in [0.29, 0.717) is 19.6 Å². The number of H-pyrrole nitrogens is 1. The molecule has 0 saturated carbocycles. The maximum absolute atomic E-state index is 13.0. The first-order valence-electron chi connectivity index (χ1n) is 10.5. The van der Waals surface area contributed by atoms with Gasteiger partial charge in [-0.15, -0.1) is 10.2 Å². The minimum absolute atomic E-state index is 0.0145. The average Bonchev–Trinajstić information content (AvgIpc) is 3.41. The predicted molar refractivity (Wildman–Crippen MR) is 128 cm³/mol. The third kappa shape index (κ3) is 6.09. The molecule has 2 aromatic carbocycles. The van der Waals surface area contributed by atoms with E-state index in [9.17, 15) is 27.9 Å². The largest absolute Gasteiger partial charge is 0.419 e. The summed E-state index contributed by atoms with van der Waals surface area (Å²) in [6.45, 7) is 0.423. The van der Waals surface area contributed by atoms with Crippen LogP contribution in [-0.4, -0.2) is 52.9 Å². The molecule has 0 fully saturated rings. The topological polar surface area (TPSA) is 128 Å². The van der Waals surface area contributed by atoms with Crippen LogP contribution in [0, 0.1) is 6.92 Å². The van der Waals surface area contributed by atoms with Crippen LogP contribution in [0.25, 0.3) is 11.4 Å². The normalized spacial score (nSPS) is 12.5. The van der Waals surface area contributed by atoms with Crippen LogP contribution in [0.5, 0.6) is 5.75 Å². The Morgan fingerprint density at radius 1 is 1.24 bits per heavy atom. The van der Waals surface area contributed by atoms with Crippen LogP contribution in [0.15, 0.2) is 51.7 Å². The van der Waals surface area contributed by atoms with Gasteiger partial charge in [-0.05, 0) is 64.8 Å². The lowest BCUT2D eigenvalue weighted by Crippen LogP contribution is -2.37. The molecule has 0 saturated heterocycles. The van der Waals surface area contributed by atoms with Gasteiger partial charge in [0.25, 0.3) is 5.82 Å².